The van der Waals surface area contributed by atoms with Crippen LogP contribution >= 0.6 is 11.3 Å². The molecule has 0 fully saturated rings. The third-order valence-corrected chi connectivity index (χ3v) is 5.46. The molecule has 0 bridgehead atoms. The lowest BCUT2D eigenvalue weighted by Crippen LogP contribution is -2.25. The maximum absolute atomic E-state index is 11.7. The minimum atomic E-state index is -3.19. The molecule has 0 aliphatic rings. The van der Waals surface area contributed by atoms with Crippen molar-refractivity contribution in [2.45, 2.75) is 26.8 Å². The summed E-state index contributed by atoms with van der Waals surface area (Å²) in [5.74, 6) is 0.153. The molecule has 2 aromatic rings. The van der Waals surface area contributed by atoms with Crippen molar-refractivity contribution >= 4 is 21.4 Å². The number of sulfonamides is 1. The Labute approximate surface area is 123 Å². The van der Waals surface area contributed by atoms with Crippen molar-refractivity contribution < 1.29 is 8.42 Å². The van der Waals surface area contributed by atoms with E-state index in [-0.39, 0.29) is 5.75 Å². The van der Waals surface area contributed by atoms with E-state index in [1.54, 1.807) is 12.4 Å². The van der Waals surface area contributed by atoms with Crippen molar-refractivity contribution in [1.29, 1.82) is 0 Å². The van der Waals surface area contributed by atoms with Crippen molar-refractivity contribution in [3.05, 3.63) is 35.1 Å². The van der Waals surface area contributed by atoms with Gasteiger partial charge in [-0.2, -0.15) is 0 Å². The first-order valence-electron chi connectivity index (χ1n) is 6.36. The highest BCUT2D eigenvalue weighted by Crippen LogP contribution is 2.27. The lowest BCUT2D eigenvalue weighted by molar-refractivity contribution is 0.580. The van der Waals surface area contributed by atoms with E-state index in [9.17, 15) is 8.42 Å². The molecule has 108 valence electrons. The lowest BCUT2D eigenvalue weighted by atomic mass is 10.3. The van der Waals surface area contributed by atoms with Crippen molar-refractivity contribution in [3.63, 3.8) is 0 Å². The van der Waals surface area contributed by atoms with Gasteiger partial charge in [0.05, 0.1) is 11.4 Å². The molecule has 0 saturated heterocycles. The molecule has 0 amide bonds. The Hall–Kier alpha value is -1.31. The van der Waals surface area contributed by atoms with Gasteiger partial charge in [0.15, 0.2) is 0 Å². The van der Waals surface area contributed by atoms with E-state index in [0.29, 0.717) is 13.0 Å². The molecule has 2 heterocycles. The molecule has 0 aliphatic carbocycles. The molecular formula is C13H17N3O2S2. The summed E-state index contributed by atoms with van der Waals surface area (Å²) in [4.78, 5) is 9.47. The highest BCUT2D eigenvalue weighted by Gasteiger charge is 2.13. The fraction of sp³-hybridized carbons (Fsp3) is 0.385. The Kier molecular flexibility index (Phi) is 4.85. The van der Waals surface area contributed by atoms with Gasteiger partial charge in [-0.05, 0) is 25.5 Å². The molecule has 0 saturated carbocycles. The zero-order valence-electron chi connectivity index (χ0n) is 11.5. The number of aryl methyl sites for hydroxylation is 1. The zero-order chi connectivity index (χ0) is 14.6. The standard InChI is InChI=1S/C13H17N3O2S2/c1-3-7-20(17,18)15-9-12-10(2)16-13(19-12)11-5-4-6-14-8-11/h4-6,8,15H,3,7,9H2,1-2H3. The van der Waals surface area contributed by atoms with Gasteiger partial charge in [0.25, 0.3) is 0 Å². The Balaban J connectivity index is 2.13. The van der Waals surface area contributed by atoms with Gasteiger partial charge in [0.1, 0.15) is 5.01 Å². The van der Waals surface area contributed by atoms with Gasteiger partial charge in [-0.25, -0.2) is 18.1 Å². The summed E-state index contributed by atoms with van der Waals surface area (Å²) in [6.07, 6.45) is 4.07. The van der Waals surface area contributed by atoms with Gasteiger partial charge in [0, 0.05) is 29.4 Å². The molecule has 1 N–H and O–H groups in total. The highest BCUT2D eigenvalue weighted by molar-refractivity contribution is 7.89. The molecule has 0 spiro atoms. The van der Waals surface area contributed by atoms with Crippen molar-refractivity contribution in [2.24, 2.45) is 0 Å². The molecule has 0 unspecified atom stereocenters. The third kappa shape index (κ3) is 3.84. The van der Waals surface area contributed by atoms with Crippen LogP contribution in [0.15, 0.2) is 24.5 Å². The van der Waals surface area contributed by atoms with Crippen LogP contribution in [0.2, 0.25) is 0 Å². The van der Waals surface area contributed by atoms with E-state index in [2.05, 4.69) is 14.7 Å². The van der Waals surface area contributed by atoms with E-state index in [1.807, 2.05) is 26.0 Å². The predicted octanol–water partition coefficient (Wildman–Crippen LogP) is 2.34. The Morgan fingerprint density at radius 3 is 2.85 bits per heavy atom. The number of pyridine rings is 1. The first kappa shape index (κ1) is 15.1. The molecule has 7 heteroatoms. The first-order valence-corrected chi connectivity index (χ1v) is 8.82. The van der Waals surface area contributed by atoms with Crippen LogP contribution in [0.4, 0.5) is 0 Å². The molecule has 5 nitrogen and oxygen atoms in total. The number of hydrogen-bond acceptors (Lipinski definition) is 5. The second-order valence-corrected chi connectivity index (χ2v) is 7.42. The summed E-state index contributed by atoms with van der Waals surface area (Å²) in [7, 11) is -3.19. The van der Waals surface area contributed by atoms with Gasteiger partial charge in [-0.15, -0.1) is 11.3 Å². The largest absolute Gasteiger partial charge is 0.264 e. The Morgan fingerprint density at radius 2 is 2.20 bits per heavy atom. The van der Waals surface area contributed by atoms with Gasteiger partial charge < -0.3 is 0 Å². The van der Waals surface area contributed by atoms with E-state index in [1.165, 1.54) is 11.3 Å². The quantitative estimate of drug-likeness (QED) is 0.889. The number of thiazole rings is 1. The molecule has 0 atom stereocenters. The fourth-order valence-corrected chi connectivity index (χ4v) is 3.85. The number of aromatic nitrogens is 2. The smallest absolute Gasteiger partial charge is 0.211 e. The van der Waals surface area contributed by atoms with Crippen LogP contribution in [-0.2, 0) is 16.6 Å². The number of nitrogens with zero attached hydrogens (tertiary/aromatic N) is 2. The van der Waals surface area contributed by atoms with E-state index in [0.717, 1.165) is 21.1 Å². The van der Waals surface area contributed by atoms with Crippen molar-refractivity contribution in [3.8, 4) is 10.6 Å². The molecule has 0 radical (unpaired) electrons. The summed E-state index contributed by atoms with van der Waals surface area (Å²) < 4.78 is 25.9. The van der Waals surface area contributed by atoms with E-state index in [4.69, 9.17) is 0 Å². The van der Waals surface area contributed by atoms with E-state index >= 15 is 0 Å². The fourth-order valence-electron chi connectivity index (χ4n) is 1.72. The number of nitrogens with one attached hydrogen (secondary N) is 1. The molecule has 0 aromatic carbocycles. The summed E-state index contributed by atoms with van der Waals surface area (Å²) >= 11 is 1.49. The lowest BCUT2D eigenvalue weighted by Gasteiger charge is -2.03. The van der Waals surface area contributed by atoms with Gasteiger partial charge in [-0.1, -0.05) is 6.92 Å². The summed E-state index contributed by atoms with van der Waals surface area (Å²) in [5, 5.41) is 0.861. The monoisotopic (exact) mass is 311 g/mol. The second kappa shape index (κ2) is 6.43. The number of rotatable bonds is 6. The summed E-state index contributed by atoms with van der Waals surface area (Å²) in [6, 6.07) is 3.80. The molecule has 2 aromatic heterocycles. The Bertz CT molecular complexity index is 666. The van der Waals surface area contributed by atoms with Crippen LogP contribution in [0.3, 0.4) is 0 Å². The van der Waals surface area contributed by atoms with Crippen molar-refractivity contribution in [1.82, 2.24) is 14.7 Å². The van der Waals surface area contributed by atoms with E-state index < -0.39 is 10.0 Å². The molecule has 0 aliphatic heterocycles. The summed E-state index contributed by atoms with van der Waals surface area (Å²) in [6.45, 7) is 4.03. The number of hydrogen-bond donors (Lipinski definition) is 1. The Morgan fingerprint density at radius 1 is 1.40 bits per heavy atom. The van der Waals surface area contributed by atoms with Crippen LogP contribution < -0.4 is 4.72 Å². The zero-order valence-corrected chi connectivity index (χ0v) is 13.1. The topological polar surface area (TPSA) is 72.0 Å². The summed E-state index contributed by atoms with van der Waals surface area (Å²) in [5.41, 5.74) is 1.80. The maximum atomic E-state index is 11.7. The maximum Gasteiger partial charge on any atom is 0.211 e. The minimum absolute atomic E-state index is 0.153. The van der Waals surface area contributed by atoms with Crippen molar-refractivity contribution in [2.75, 3.05) is 5.75 Å². The minimum Gasteiger partial charge on any atom is -0.264 e. The van der Waals surface area contributed by atoms with Crippen LogP contribution in [-0.4, -0.2) is 24.1 Å². The van der Waals surface area contributed by atoms with Gasteiger partial charge >= 0.3 is 0 Å². The SMILES string of the molecule is CCCS(=O)(=O)NCc1sc(-c2cccnc2)nc1C. The third-order valence-electron chi connectivity index (χ3n) is 2.73. The molecule has 20 heavy (non-hydrogen) atoms. The molecular weight excluding hydrogens is 294 g/mol. The molecule has 2 rings (SSSR count). The van der Waals surface area contributed by atoms with Crippen LogP contribution in [0.25, 0.3) is 10.6 Å². The normalized spacial score (nSPS) is 11.7. The van der Waals surface area contributed by atoms with Gasteiger partial charge in [-0.3, -0.25) is 4.98 Å². The second-order valence-electron chi connectivity index (χ2n) is 4.41. The predicted molar refractivity (Wildman–Crippen MR) is 81.0 cm³/mol. The highest BCUT2D eigenvalue weighted by atomic mass is 32.2. The average Bonchev–Trinajstić information content (AvgIpc) is 2.79. The van der Waals surface area contributed by atoms with Crippen LogP contribution in [0.5, 0.6) is 0 Å². The van der Waals surface area contributed by atoms with Gasteiger partial charge in [0.2, 0.25) is 10.0 Å². The first-order chi connectivity index (χ1) is 9.52. The van der Waals surface area contributed by atoms with Crippen LogP contribution in [0.1, 0.15) is 23.9 Å². The average molecular weight is 311 g/mol. The van der Waals surface area contributed by atoms with Crippen LogP contribution in [0, 0.1) is 6.92 Å².